The van der Waals surface area contributed by atoms with Crippen LogP contribution in [0.5, 0.6) is 5.75 Å². The lowest BCUT2D eigenvalue weighted by Gasteiger charge is -2.24. The van der Waals surface area contributed by atoms with Crippen molar-refractivity contribution in [2.75, 3.05) is 13.0 Å². The van der Waals surface area contributed by atoms with Crippen molar-refractivity contribution in [1.29, 1.82) is 0 Å². The van der Waals surface area contributed by atoms with Crippen LogP contribution in [-0.2, 0) is 4.79 Å². The summed E-state index contributed by atoms with van der Waals surface area (Å²) in [5.74, 6) is 7.48. The number of amides is 1. The Kier molecular flexibility index (Phi) is 6.03. The van der Waals surface area contributed by atoms with Crippen LogP contribution in [0, 0.1) is 0 Å². The number of rotatable bonds is 6. The van der Waals surface area contributed by atoms with E-state index in [2.05, 4.69) is 15.5 Å². The number of hydrogen-bond acceptors (Lipinski definition) is 6. The number of benzene rings is 1. The summed E-state index contributed by atoms with van der Waals surface area (Å²) in [5, 5.41) is 11.7. The fraction of sp³-hybridized carbons (Fsp3) is 0.500. The molecule has 1 aromatic carbocycles. The van der Waals surface area contributed by atoms with Gasteiger partial charge in [0.25, 0.3) is 0 Å². The molecule has 3 N–H and O–H groups in total. The fourth-order valence-corrected chi connectivity index (χ4v) is 3.85. The maximum atomic E-state index is 12.4. The highest BCUT2D eigenvalue weighted by molar-refractivity contribution is 8.00. The first kappa shape index (κ1) is 18.6. The van der Waals surface area contributed by atoms with Crippen molar-refractivity contribution in [3.8, 4) is 17.1 Å². The van der Waals surface area contributed by atoms with E-state index in [9.17, 15) is 4.79 Å². The van der Waals surface area contributed by atoms with E-state index in [-0.39, 0.29) is 11.2 Å². The lowest BCUT2D eigenvalue weighted by Crippen LogP contribution is -2.40. The molecule has 1 aliphatic rings. The van der Waals surface area contributed by atoms with Crippen LogP contribution >= 0.6 is 11.8 Å². The average molecular weight is 375 g/mol. The summed E-state index contributed by atoms with van der Waals surface area (Å²) in [6.07, 6.45) is 5.78. The van der Waals surface area contributed by atoms with Gasteiger partial charge in [-0.25, -0.2) is 4.68 Å². The molecule has 0 bridgehead atoms. The van der Waals surface area contributed by atoms with Crippen molar-refractivity contribution >= 4 is 17.7 Å². The Morgan fingerprint density at radius 2 is 1.96 bits per heavy atom. The van der Waals surface area contributed by atoms with E-state index in [1.807, 2.05) is 31.2 Å². The minimum absolute atomic E-state index is 0.0240. The summed E-state index contributed by atoms with van der Waals surface area (Å²) in [4.78, 5) is 12.4. The molecule has 0 unspecified atom stereocenters. The number of aromatic nitrogens is 3. The minimum atomic E-state index is -0.285. The van der Waals surface area contributed by atoms with Crippen molar-refractivity contribution in [1.82, 2.24) is 20.2 Å². The molecule has 1 fully saturated rings. The van der Waals surface area contributed by atoms with Gasteiger partial charge >= 0.3 is 0 Å². The smallest absolute Gasteiger partial charge is 0.233 e. The Labute approximate surface area is 157 Å². The second-order valence-electron chi connectivity index (χ2n) is 6.51. The highest BCUT2D eigenvalue weighted by Crippen LogP contribution is 2.26. The second-order valence-corrected chi connectivity index (χ2v) is 7.82. The summed E-state index contributed by atoms with van der Waals surface area (Å²) in [7, 11) is 1.62. The van der Waals surface area contributed by atoms with Gasteiger partial charge in [-0.2, -0.15) is 0 Å². The number of hydrogen-bond donors (Lipinski definition) is 2. The van der Waals surface area contributed by atoms with Crippen molar-refractivity contribution in [2.45, 2.75) is 55.5 Å². The van der Waals surface area contributed by atoms with E-state index >= 15 is 0 Å². The van der Waals surface area contributed by atoms with Crippen LogP contribution in [0.25, 0.3) is 11.4 Å². The number of methoxy groups -OCH3 is 1. The predicted octanol–water partition coefficient (Wildman–Crippen LogP) is 2.60. The van der Waals surface area contributed by atoms with E-state index in [0.29, 0.717) is 17.0 Å². The maximum absolute atomic E-state index is 12.4. The first-order valence-electron chi connectivity index (χ1n) is 8.90. The second kappa shape index (κ2) is 8.44. The minimum Gasteiger partial charge on any atom is -0.497 e. The molecule has 1 atom stereocenters. The Hall–Kier alpha value is -2.22. The molecular weight excluding hydrogens is 350 g/mol. The van der Waals surface area contributed by atoms with Gasteiger partial charge in [0.15, 0.2) is 5.82 Å². The Balaban J connectivity index is 1.64. The van der Waals surface area contributed by atoms with E-state index in [0.717, 1.165) is 24.2 Å². The first-order valence-corrected chi connectivity index (χ1v) is 9.78. The number of carbonyl (C=O) groups excluding carboxylic acids is 1. The summed E-state index contributed by atoms with van der Waals surface area (Å²) in [6.45, 7) is 1.87. The van der Waals surface area contributed by atoms with Gasteiger partial charge in [0.2, 0.25) is 11.1 Å². The summed E-state index contributed by atoms with van der Waals surface area (Å²) < 4.78 is 6.59. The van der Waals surface area contributed by atoms with Crippen molar-refractivity contribution in [2.24, 2.45) is 0 Å². The molecule has 140 valence electrons. The van der Waals surface area contributed by atoms with Crippen molar-refractivity contribution in [3.63, 3.8) is 0 Å². The summed E-state index contributed by atoms with van der Waals surface area (Å²) in [6, 6.07) is 7.73. The van der Waals surface area contributed by atoms with Crippen LogP contribution in [0.4, 0.5) is 0 Å². The number of nitrogens with one attached hydrogen (secondary N) is 1. The molecule has 8 heteroatoms. The quantitative estimate of drug-likeness (QED) is 0.595. The molecule has 7 nitrogen and oxygen atoms in total. The van der Waals surface area contributed by atoms with Gasteiger partial charge in [0.1, 0.15) is 5.75 Å². The summed E-state index contributed by atoms with van der Waals surface area (Å²) in [5.41, 5.74) is 0.840. The lowest BCUT2D eigenvalue weighted by atomic mass is 9.95. The van der Waals surface area contributed by atoms with Gasteiger partial charge in [-0.15, -0.1) is 10.2 Å². The first-order chi connectivity index (χ1) is 12.6. The monoisotopic (exact) mass is 375 g/mol. The lowest BCUT2D eigenvalue weighted by molar-refractivity contribution is -0.121. The summed E-state index contributed by atoms with van der Waals surface area (Å²) >= 11 is 1.32. The van der Waals surface area contributed by atoms with Gasteiger partial charge < -0.3 is 15.9 Å². The third-order valence-corrected chi connectivity index (χ3v) is 5.67. The zero-order chi connectivity index (χ0) is 18.5. The molecule has 1 heterocycles. The SMILES string of the molecule is COc1ccc(-c2nnc(S[C@H](C)C(=O)NC3CCCCC3)n2N)cc1. The van der Waals surface area contributed by atoms with Gasteiger partial charge in [-0.05, 0) is 44.0 Å². The third-order valence-electron chi connectivity index (χ3n) is 4.62. The average Bonchev–Trinajstić information content (AvgIpc) is 3.03. The molecule has 1 amide bonds. The predicted molar refractivity (Wildman–Crippen MR) is 102 cm³/mol. The standard InChI is InChI=1S/C18H25N5O2S/c1-12(17(24)20-14-6-4-3-5-7-14)26-18-22-21-16(23(18)19)13-8-10-15(25-2)11-9-13/h8-12,14H,3-7,19H2,1-2H3,(H,20,24)/t12-/m1/s1. The molecule has 0 aliphatic heterocycles. The molecule has 0 spiro atoms. The molecule has 2 aromatic rings. The molecule has 0 radical (unpaired) electrons. The van der Waals surface area contributed by atoms with Crippen molar-refractivity contribution in [3.05, 3.63) is 24.3 Å². The third kappa shape index (κ3) is 4.30. The molecule has 0 saturated heterocycles. The van der Waals surface area contributed by atoms with Gasteiger partial charge in [-0.1, -0.05) is 31.0 Å². The number of nitrogen functional groups attached to an aromatic ring is 1. The van der Waals surface area contributed by atoms with Crippen LogP contribution in [0.2, 0.25) is 0 Å². The Morgan fingerprint density at radius 1 is 1.27 bits per heavy atom. The molecule has 26 heavy (non-hydrogen) atoms. The Morgan fingerprint density at radius 3 is 2.62 bits per heavy atom. The van der Waals surface area contributed by atoms with E-state index in [4.69, 9.17) is 10.6 Å². The molecular formula is C18H25N5O2S. The molecule has 1 aromatic heterocycles. The van der Waals surface area contributed by atoms with Crippen LogP contribution in [-0.4, -0.2) is 39.2 Å². The highest BCUT2D eigenvalue weighted by atomic mass is 32.2. The van der Waals surface area contributed by atoms with Gasteiger partial charge in [-0.3, -0.25) is 4.79 Å². The number of nitrogens with zero attached hydrogens (tertiary/aromatic N) is 3. The Bertz CT molecular complexity index is 741. The zero-order valence-electron chi connectivity index (χ0n) is 15.1. The van der Waals surface area contributed by atoms with Crippen LogP contribution < -0.4 is 15.9 Å². The molecule has 1 saturated carbocycles. The topological polar surface area (TPSA) is 95.1 Å². The van der Waals surface area contributed by atoms with Gasteiger partial charge in [0.05, 0.1) is 12.4 Å². The maximum Gasteiger partial charge on any atom is 0.233 e. The normalized spacial score (nSPS) is 16.2. The van der Waals surface area contributed by atoms with Crippen LogP contribution in [0.1, 0.15) is 39.0 Å². The fourth-order valence-electron chi connectivity index (χ4n) is 3.07. The van der Waals surface area contributed by atoms with E-state index in [1.165, 1.54) is 35.7 Å². The molecule has 3 rings (SSSR count). The van der Waals surface area contributed by atoms with E-state index in [1.54, 1.807) is 7.11 Å². The van der Waals surface area contributed by atoms with Gasteiger partial charge in [0, 0.05) is 11.6 Å². The number of thioether (sulfide) groups is 1. The van der Waals surface area contributed by atoms with Crippen LogP contribution in [0.15, 0.2) is 29.4 Å². The van der Waals surface area contributed by atoms with Crippen molar-refractivity contribution < 1.29 is 9.53 Å². The van der Waals surface area contributed by atoms with E-state index < -0.39 is 0 Å². The van der Waals surface area contributed by atoms with Crippen LogP contribution in [0.3, 0.4) is 0 Å². The zero-order valence-corrected chi connectivity index (χ0v) is 16.0. The number of carbonyl (C=O) groups is 1. The molecule has 1 aliphatic carbocycles. The number of ether oxygens (including phenoxy) is 1. The largest absolute Gasteiger partial charge is 0.497 e. The highest BCUT2D eigenvalue weighted by Gasteiger charge is 2.23. The number of nitrogens with two attached hydrogens (primary N) is 1.